The Kier molecular flexibility index (Phi) is 4.39. The second-order valence-corrected chi connectivity index (χ2v) is 4.60. The van der Waals surface area contributed by atoms with Crippen molar-refractivity contribution in [2.45, 2.75) is 45.8 Å². The van der Waals surface area contributed by atoms with E-state index in [9.17, 15) is 0 Å². The maximum atomic E-state index is 5.61. The zero-order valence-corrected chi connectivity index (χ0v) is 10.1. The van der Waals surface area contributed by atoms with E-state index >= 15 is 0 Å². The van der Waals surface area contributed by atoms with Crippen molar-refractivity contribution in [1.29, 1.82) is 0 Å². The molecule has 1 aliphatic carbocycles. The Hall–Kier alpha value is -0.0800. The van der Waals surface area contributed by atoms with Gasteiger partial charge in [-0.3, -0.25) is 0 Å². The molecule has 2 nitrogen and oxygen atoms in total. The highest BCUT2D eigenvalue weighted by Gasteiger charge is 2.39. The summed E-state index contributed by atoms with van der Waals surface area (Å²) in [6.45, 7) is 6.80. The molecule has 0 saturated heterocycles. The predicted molar refractivity (Wildman–Crippen MR) is 58.3 cm³/mol. The Morgan fingerprint density at radius 3 is 2.14 bits per heavy atom. The molecule has 0 heterocycles. The molecule has 1 saturated carbocycles. The van der Waals surface area contributed by atoms with E-state index in [0.717, 1.165) is 6.42 Å². The van der Waals surface area contributed by atoms with E-state index in [1.54, 1.807) is 0 Å². The predicted octanol–water partition coefficient (Wildman–Crippen LogP) is 2.72. The topological polar surface area (TPSA) is 18.5 Å². The van der Waals surface area contributed by atoms with Gasteiger partial charge in [0.05, 0.1) is 12.2 Å². The van der Waals surface area contributed by atoms with Crippen LogP contribution in [-0.2, 0) is 9.47 Å². The molecule has 2 heteroatoms. The minimum Gasteiger partial charge on any atom is -0.381 e. The van der Waals surface area contributed by atoms with Crippen LogP contribution in [0, 0.1) is 17.8 Å². The second kappa shape index (κ2) is 5.13. The van der Waals surface area contributed by atoms with Crippen molar-refractivity contribution in [2.75, 3.05) is 14.2 Å². The van der Waals surface area contributed by atoms with Crippen molar-refractivity contribution in [3.8, 4) is 0 Å². The van der Waals surface area contributed by atoms with Crippen molar-refractivity contribution < 1.29 is 9.47 Å². The molecule has 5 atom stereocenters. The molecular weight excluding hydrogens is 176 g/mol. The number of methoxy groups -OCH3 is 2. The molecule has 0 amide bonds. The number of ether oxygens (including phenoxy) is 2. The van der Waals surface area contributed by atoms with Gasteiger partial charge in [0.25, 0.3) is 0 Å². The number of rotatable bonds is 3. The van der Waals surface area contributed by atoms with Gasteiger partial charge in [0.2, 0.25) is 0 Å². The molecule has 0 aliphatic heterocycles. The lowest BCUT2D eigenvalue weighted by Crippen LogP contribution is -2.45. The van der Waals surface area contributed by atoms with Crippen LogP contribution in [0.5, 0.6) is 0 Å². The van der Waals surface area contributed by atoms with E-state index in [4.69, 9.17) is 9.47 Å². The van der Waals surface area contributed by atoms with Crippen LogP contribution in [-0.4, -0.2) is 26.4 Å². The Balaban J connectivity index is 2.71. The first kappa shape index (κ1) is 12.0. The van der Waals surface area contributed by atoms with Crippen molar-refractivity contribution >= 4 is 0 Å². The molecule has 1 rings (SSSR count). The fraction of sp³-hybridized carbons (Fsp3) is 1.00. The molecule has 14 heavy (non-hydrogen) atoms. The third-order valence-corrected chi connectivity index (χ3v) is 4.03. The van der Waals surface area contributed by atoms with Crippen molar-refractivity contribution in [3.63, 3.8) is 0 Å². The Morgan fingerprint density at radius 1 is 1.07 bits per heavy atom. The lowest BCUT2D eigenvalue weighted by Gasteiger charge is -2.43. The molecule has 2 unspecified atom stereocenters. The van der Waals surface area contributed by atoms with E-state index in [-0.39, 0.29) is 0 Å². The highest BCUT2D eigenvalue weighted by atomic mass is 16.5. The molecular formula is C12H24O2. The van der Waals surface area contributed by atoms with Crippen molar-refractivity contribution in [1.82, 2.24) is 0 Å². The number of hydrogen-bond acceptors (Lipinski definition) is 2. The average molecular weight is 200 g/mol. The van der Waals surface area contributed by atoms with Crippen LogP contribution >= 0.6 is 0 Å². The van der Waals surface area contributed by atoms with Gasteiger partial charge >= 0.3 is 0 Å². The maximum Gasteiger partial charge on any atom is 0.0629 e. The van der Waals surface area contributed by atoms with Gasteiger partial charge in [-0.1, -0.05) is 27.2 Å². The summed E-state index contributed by atoms with van der Waals surface area (Å²) < 4.78 is 11.2. The van der Waals surface area contributed by atoms with Crippen molar-refractivity contribution in [3.05, 3.63) is 0 Å². The Morgan fingerprint density at radius 2 is 1.71 bits per heavy atom. The highest BCUT2D eigenvalue weighted by Crippen LogP contribution is 2.38. The number of hydrogen-bond donors (Lipinski definition) is 0. The Bertz CT molecular complexity index is 168. The summed E-state index contributed by atoms with van der Waals surface area (Å²) in [5, 5.41) is 0. The molecule has 84 valence electrons. The zero-order valence-electron chi connectivity index (χ0n) is 10.1. The molecule has 0 aromatic heterocycles. The first-order valence-corrected chi connectivity index (χ1v) is 5.71. The van der Waals surface area contributed by atoms with Gasteiger partial charge in [-0.25, -0.2) is 0 Å². The van der Waals surface area contributed by atoms with Crippen LogP contribution in [0.3, 0.4) is 0 Å². The third kappa shape index (κ3) is 2.12. The van der Waals surface area contributed by atoms with Crippen LogP contribution in [0.2, 0.25) is 0 Å². The lowest BCUT2D eigenvalue weighted by atomic mass is 9.71. The monoisotopic (exact) mass is 200 g/mol. The fourth-order valence-corrected chi connectivity index (χ4v) is 2.83. The molecule has 0 bridgehead atoms. The van der Waals surface area contributed by atoms with Crippen LogP contribution < -0.4 is 0 Å². The van der Waals surface area contributed by atoms with Gasteiger partial charge in [0.1, 0.15) is 0 Å². The summed E-state index contributed by atoms with van der Waals surface area (Å²) in [7, 11) is 3.66. The quantitative estimate of drug-likeness (QED) is 0.697. The summed E-state index contributed by atoms with van der Waals surface area (Å²) >= 11 is 0. The van der Waals surface area contributed by atoms with Crippen LogP contribution in [0.25, 0.3) is 0 Å². The summed E-state index contributed by atoms with van der Waals surface area (Å²) in [6.07, 6.45) is 3.18. The highest BCUT2D eigenvalue weighted by molar-refractivity contribution is 4.89. The van der Waals surface area contributed by atoms with Gasteiger partial charge in [0, 0.05) is 14.2 Å². The van der Waals surface area contributed by atoms with Crippen LogP contribution in [0.1, 0.15) is 33.6 Å². The van der Waals surface area contributed by atoms with Gasteiger partial charge in [0.15, 0.2) is 0 Å². The molecule has 1 aliphatic rings. The zero-order chi connectivity index (χ0) is 10.7. The van der Waals surface area contributed by atoms with Gasteiger partial charge in [-0.15, -0.1) is 0 Å². The van der Waals surface area contributed by atoms with Crippen LogP contribution in [0.15, 0.2) is 0 Å². The normalized spacial score (nSPS) is 43.9. The minimum absolute atomic E-state index is 0.418. The first-order valence-electron chi connectivity index (χ1n) is 5.71. The molecule has 0 N–H and O–H groups in total. The standard InChI is InChI=1S/C12H24O2/c1-6-10-7-11(13-4)8(2)9(3)12(10)14-5/h8-12H,6-7H2,1-5H3/t8?,9-,10?,11+,12+/m1/s1. The van der Waals surface area contributed by atoms with E-state index in [0.29, 0.717) is 30.0 Å². The van der Waals surface area contributed by atoms with Gasteiger partial charge in [-0.2, -0.15) is 0 Å². The Labute approximate surface area is 88.0 Å². The third-order valence-electron chi connectivity index (χ3n) is 4.03. The molecule has 0 radical (unpaired) electrons. The molecule has 0 aromatic carbocycles. The SMILES string of the molecule is CCC1C[C@H](OC)C(C)[C@@H](C)[C@@H]1OC. The first-order chi connectivity index (χ1) is 6.65. The van der Waals surface area contributed by atoms with E-state index in [1.807, 2.05) is 14.2 Å². The smallest absolute Gasteiger partial charge is 0.0629 e. The largest absolute Gasteiger partial charge is 0.381 e. The maximum absolute atomic E-state index is 5.61. The van der Waals surface area contributed by atoms with Gasteiger partial charge in [-0.05, 0) is 24.2 Å². The van der Waals surface area contributed by atoms with E-state index in [2.05, 4.69) is 20.8 Å². The second-order valence-electron chi connectivity index (χ2n) is 4.60. The van der Waals surface area contributed by atoms with Crippen LogP contribution in [0.4, 0.5) is 0 Å². The lowest BCUT2D eigenvalue weighted by molar-refractivity contribution is -0.0982. The minimum atomic E-state index is 0.418. The fourth-order valence-electron chi connectivity index (χ4n) is 2.83. The van der Waals surface area contributed by atoms with Crippen molar-refractivity contribution in [2.24, 2.45) is 17.8 Å². The summed E-state index contributed by atoms with van der Waals surface area (Å²) in [5.74, 6) is 1.87. The van der Waals surface area contributed by atoms with E-state index in [1.165, 1.54) is 6.42 Å². The molecule has 0 aromatic rings. The van der Waals surface area contributed by atoms with E-state index < -0.39 is 0 Å². The van der Waals surface area contributed by atoms with Gasteiger partial charge < -0.3 is 9.47 Å². The summed E-state index contributed by atoms with van der Waals surface area (Å²) in [5.41, 5.74) is 0. The molecule has 0 spiro atoms. The molecule has 1 fully saturated rings. The summed E-state index contributed by atoms with van der Waals surface area (Å²) in [6, 6.07) is 0. The summed E-state index contributed by atoms with van der Waals surface area (Å²) in [4.78, 5) is 0. The average Bonchev–Trinajstić information content (AvgIpc) is 2.21.